The van der Waals surface area contributed by atoms with Crippen molar-refractivity contribution in [3.63, 3.8) is 0 Å². The summed E-state index contributed by atoms with van der Waals surface area (Å²) in [5.41, 5.74) is -0.943. The third-order valence-electron chi connectivity index (χ3n) is 2.67. The van der Waals surface area contributed by atoms with Gasteiger partial charge in [-0.1, -0.05) is 12.1 Å². The van der Waals surface area contributed by atoms with E-state index in [0.29, 0.717) is 12.2 Å². The van der Waals surface area contributed by atoms with E-state index in [0.717, 1.165) is 6.07 Å². The van der Waals surface area contributed by atoms with Crippen molar-refractivity contribution in [3.05, 3.63) is 29.3 Å². The van der Waals surface area contributed by atoms with Crippen LogP contribution in [0.1, 0.15) is 18.1 Å². The second kappa shape index (κ2) is 3.38. The van der Waals surface area contributed by atoms with Gasteiger partial charge in [0.05, 0.1) is 19.3 Å². The van der Waals surface area contributed by atoms with E-state index in [1.807, 2.05) is 0 Å². The minimum absolute atomic E-state index is 0.144. The van der Waals surface area contributed by atoms with E-state index in [9.17, 15) is 13.2 Å². The monoisotopic (exact) mass is 232 g/mol. The molecule has 1 heterocycles. The summed E-state index contributed by atoms with van der Waals surface area (Å²) >= 11 is 0. The van der Waals surface area contributed by atoms with E-state index < -0.39 is 17.3 Å². The van der Waals surface area contributed by atoms with Gasteiger partial charge in [-0.2, -0.15) is 13.2 Å². The second-order valence-corrected chi connectivity index (χ2v) is 3.90. The van der Waals surface area contributed by atoms with Crippen LogP contribution in [0.4, 0.5) is 13.2 Å². The first-order chi connectivity index (χ1) is 7.38. The summed E-state index contributed by atoms with van der Waals surface area (Å²) in [4.78, 5) is 0. The molecule has 0 radical (unpaired) electrons. The summed E-state index contributed by atoms with van der Waals surface area (Å²) in [6, 6.07) is 3.97. The number of halogens is 3. The zero-order valence-electron chi connectivity index (χ0n) is 8.89. The molecule has 0 bridgehead atoms. The fourth-order valence-corrected chi connectivity index (χ4v) is 1.66. The number of hydrogen-bond donors (Lipinski definition) is 0. The number of alkyl halides is 3. The Morgan fingerprint density at radius 2 is 2.00 bits per heavy atom. The van der Waals surface area contributed by atoms with E-state index in [2.05, 4.69) is 0 Å². The molecule has 0 amide bonds. The average Bonchev–Trinajstić information content (AvgIpc) is 2.95. The van der Waals surface area contributed by atoms with Gasteiger partial charge in [-0.15, -0.1) is 0 Å². The number of benzene rings is 1. The molecule has 1 atom stereocenters. The Kier molecular flexibility index (Phi) is 2.38. The highest BCUT2D eigenvalue weighted by atomic mass is 19.4. The van der Waals surface area contributed by atoms with E-state index in [1.165, 1.54) is 13.2 Å². The highest BCUT2D eigenvalue weighted by Gasteiger charge is 2.46. The molecular weight excluding hydrogens is 221 g/mol. The van der Waals surface area contributed by atoms with Gasteiger partial charge in [0.15, 0.2) is 0 Å². The summed E-state index contributed by atoms with van der Waals surface area (Å²) in [7, 11) is 1.24. The molecule has 1 aromatic rings. The first-order valence-corrected chi connectivity index (χ1v) is 4.77. The molecule has 2 nitrogen and oxygen atoms in total. The van der Waals surface area contributed by atoms with Crippen molar-refractivity contribution in [1.29, 1.82) is 0 Å². The number of hydrogen-bond acceptors (Lipinski definition) is 2. The van der Waals surface area contributed by atoms with E-state index >= 15 is 0 Å². The molecule has 1 saturated heterocycles. The number of para-hydroxylation sites is 1. The smallest absolute Gasteiger partial charge is 0.419 e. The molecule has 0 aliphatic carbocycles. The molecule has 88 valence electrons. The lowest BCUT2D eigenvalue weighted by molar-refractivity contribution is -0.138. The van der Waals surface area contributed by atoms with Gasteiger partial charge in [0.1, 0.15) is 11.4 Å². The molecule has 1 fully saturated rings. The quantitative estimate of drug-likeness (QED) is 0.731. The van der Waals surface area contributed by atoms with Crippen LogP contribution in [0.25, 0.3) is 0 Å². The lowest BCUT2D eigenvalue weighted by atomic mass is 9.98. The maximum absolute atomic E-state index is 12.7. The standard InChI is InChI=1S/C11H11F3O2/c1-10(6-16-10)7-4-3-5-8(9(7)15-2)11(12,13)14/h3-5H,6H2,1-2H3. The normalized spacial score (nSPS) is 24.3. The molecular formula is C11H11F3O2. The number of epoxide rings is 1. The van der Waals surface area contributed by atoms with Crippen molar-refractivity contribution in [2.45, 2.75) is 18.7 Å². The molecule has 1 aromatic carbocycles. The van der Waals surface area contributed by atoms with E-state index in [1.54, 1.807) is 13.0 Å². The third-order valence-corrected chi connectivity index (χ3v) is 2.67. The summed E-state index contributed by atoms with van der Waals surface area (Å²) < 4.78 is 48.1. The highest BCUT2D eigenvalue weighted by Crippen LogP contribution is 2.47. The Hall–Kier alpha value is -1.23. The van der Waals surface area contributed by atoms with Crippen molar-refractivity contribution in [3.8, 4) is 5.75 Å². The largest absolute Gasteiger partial charge is 0.496 e. The Labute approximate surface area is 91.0 Å². The molecule has 0 aromatic heterocycles. The maximum Gasteiger partial charge on any atom is 0.419 e. The molecule has 0 spiro atoms. The topological polar surface area (TPSA) is 21.8 Å². The van der Waals surface area contributed by atoms with Gasteiger partial charge in [0.25, 0.3) is 0 Å². The Balaban J connectivity index is 2.56. The molecule has 0 saturated carbocycles. The SMILES string of the molecule is COc1c(C(F)(F)F)cccc1C1(C)CO1. The number of ether oxygens (including phenoxy) is 2. The fraction of sp³-hybridized carbons (Fsp3) is 0.455. The van der Waals surface area contributed by atoms with Crippen LogP contribution < -0.4 is 4.74 Å². The first-order valence-electron chi connectivity index (χ1n) is 4.77. The molecule has 16 heavy (non-hydrogen) atoms. The van der Waals surface area contributed by atoms with E-state index in [4.69, 9.17) is 9.47 Å². The van der Waals surface area contributed by atoms with Crippen LogP contribution in [0.5, 0.6) is 5.75 Å². The lowest BCUT2D eigenvalue weighted by Gasteiger charge is -2.17. The van der Waals surface area contributed by atoms with Crippen LogP contribution in [0.3, 0.4) is 0 Å². The second-order valence-electron chi connectivity index (χ2n) is 3.90. The van der Waals surface area contributed by atoms with Crippen molar-refractivity contribution in [1.82, 2.24) is 0 Å². The molecule has 1 aliphatic rings. The summed E-state index contributed by atoms with van der Waals surface area (Å²) in [6.45, 7) is 2.16. The lowest BCUT2D eigenvalue weighted by Crippen LogP contribution is -2.12. The summed E-state index contributed by atoms with van der Waals surface area (Å²) in [6.07, 6.45) is -4.41. The highest BCUT2D eigenvalue weighted by molar-refractivity contribution is 5.47. The van der Waals surface area contributed by atoms with Crippen LogP contribution in [-0.4, -0.2) is 13.7 Å². The van der Waals surface area contributed by atoms with Crippen molar-refractivity contribution < 1.29 is 22.6 Å². The third kappa shape index (κ3) is 1.75. The minimum atomic E-state index is -4.41. The van der Waals surface area contributed by atoms with Crippen LogP contribution in [0, 0.1) is 0 Å². The van der Waals surface area contributed by atoms with Crippen molar-refractivity contribution in [2.24, 2.45) is 0 Å². The average molecular weight is 232 g/mol. The van der Waals surface area contributed by atoms with Gasteiger partial charge in [0, 0.05) is 5.56 Å². The molecule has 1 aliphatic heterocycles. The number of rotatable bonds is 2. The zero-order chi connectivity index (χ0) is 12.0. The maximum atomic E-state index is 12.7. The Morgan fingerprint density at radius 3 is 2.44 bits per heavy atom. The molecule has 0 N–H and O–H groups in total. The van der Waals surface area contributed by atoms with Gasteiger partial charge in [-0.3, -0.25) is 0 Å². The van der Waals surface area contributed by atoms with Crippen molar-refractivity contribution in [2.75, 3.05) is 13.7 Å². The van der Waals surface area contributed by atoms with Crippen LogP contribution in [-0.2, 0) is 16.5 Å². The summed E-state index contributed by atoms with van der Waals surface area (Å²) in [5.74, 6) is -0.144. The Bertz CT molecular complexity index is 385. The van der Waals surface area contributed by atoms with E-state index in [-0.39, 0.29) is 5.75 Å². The van der Waals surface area contributed by atoms with Crippen molar-refractivity contribution >= 4 is 0 Å². The zero-order valence-corrected chi connectivity index (χ0v) is 8.89. The molecule has 1 unspecified atom stereocenters. The van der Waals surface area contributed by atoms with Gasteiger partial charge < -0.3 is 9.47 Å². The van der Waals surface area contributed by atoms with Gasteiger partial charge in [-0.25, -0.2) is 0 Å². The molecule has 5 heteroatoms. The van der Waals surface area contributed by atoms with Crippen LogP contribution >= 0.6 is 0 Å². The molecule has 2 rings (SSSR count). The predicted octanol–water partition coefficient (Wildman–Crippen LogP) is 2.96. The van der Waals surface area contributed by atoms with Crippen LogP contribution in [0.2, 0.25) is 0 Å². The van der Waals surface area contributed by atoms with Gasteiger partial charge in [0.2, 0.25) is 0 Å². The fourth-order valence-electron chi connectivity index (χ4n) is 1.66. The van der Waals surface area contributed by atoms with Gasteiger partial charge >= 0.3 is 6.18 Å². The minimum Gasteiger partial charge on any atom is -0.496 e. The predicted molar refractivity (Wildman–Crippen MR) is 51.3 cm³/mol. The summed E-state index contributed by atoms with van der Waals surface area (Å²) in [5, 5.41) is 0. The number of methoxy groups -OCH3 is 1. The first kappa shape index (κ1) is 11.3. The van der Waals surface area contributed by atoms with Crippen LogP contribution in [0.15, 0.2) is 18.2 Å². The van der Waals surface area contributed by atoms with Gasteiger partial charge in [-0.05, 0) is 13.0 Å². The Morgan fingerprint density at radius 1 is 1.38 bits per heavy atom.